The third kappa shape index (κ3) is 4.95. The fourth-order valence-corrected chi connectivity index (χ4v) is 3.15. The summed E-state index contributed by atoms with van der Waals surface area (Å²) < 4.78 is 77.1. The highest BCUT2D eigenvalue weighted by Crippen LogP contribution is 2.31. The molecule has 0 fully saturated rings. The first-order valence-electron chi connectivity index (χ1n) is 7.38. The minimum absolute atomic E-state index is 0.0614. The molecule has 0 aliphatic rings. The number of sulfonamides is 1. The van der Waals surface area contributed by atoms with Crippen LogP contribution < -0.4 is 15.6 Å². The maximum absolute atomic E-state index is 14.2. The number of benzene rings is 2. The lowest BCUT2D eigenvalue weighted by atomic mass is 10.1. The summed E-state index contributed by atoms with van der Waals surface area (Å²) in [5.41, 5.74) is 0.684. The molecular formula is C16H15F4N3O3S. The summed E-state index contributed by atoms with van der Waals surface area (Å²) in [5.74, 6) is 3.36. The largest absolute Gasteiger partial charge is 0.416 e. The molecule has 2 aromatic rings. The first-order valence-corrected chi connectivity index (χ1v) is 9.22. The van der Waals surface area contributed by atoms with Gasteiger partial charge in [-0.3, -0.25) is 14.5 Å². The Bertz CT molecular complexity index is 944. The Morgan fingerprint density at radius 3 is 2.19 bits per heavy atom. The van der Waals surface area contributed by atoms with Gasteiger partial charge in [-0.1, -0.05) is 6.07 Å². The van der Waals surface area contributed by atoms with Crippen molar-refractivity contribution in [2.75, 3.05) is 10.6 Å². The summed E-state index contributed by atoms with van der Waals surface area (Å²) in [7, 11) is -3.93. The molecule has 2 rings (SSSR count). The second-order valence-electron chi connectivity index (χ2n) is 5.59. The molecule has 0 heterocycles. The number of alkyl halides is 3. The second-order valence-corrected chi connectivity index (χ2v) is 7.50. The van der Waals surface area contributed by atoms with E-state index in [1.807, 2.05) is 5.43 Å². The van der Waals surface area contributed by atoms with Gasteiger partial charge >= 0.3 is 6.18 Å². The number of rotatable bonds is 5. The Kier molecular flexibility index (Phi) is 5.76. The van der Waals surface area contributed by atoms with Crippen molar-refractivity contribution in [1.82, 2.24) is 5.43 Å². The summed E-state index contributed by atoms with van der Waals surface area (Å²) in [4.78, 5) is 11.4. The average Bonchev–Trinajstić information content (AvgIpc) is 2.58. The van der Waals surface area contributed by atoms with E-state index in [0.29, 0.717) is 0 Å². The van der Waals surface area contributed by atoms with Crippen LogP contribution >= 0.6 is 0 Å². The lowest BCUT2D eigenvalue weighted by Crippen LogP contribution is -2.31. The van der Waals surface area contributed by atoms with E-state index in [4.69, 9.17) is 5.84 Å². The van der Waals surface area contributed by atoms with Crippen molar-refractivity contribution >= 4 is 21.6 Å². The van der Waals surface area contributed by atoms with Crippen molar-refractivity contribution in [3.63, 3.8) is 0 Å². The first-order chi connectivity index (χ1) is 12.4. The fourth-order valence-electron chi connectivity index (χ4n) is 2.27. The van der Waals surface area contributed by atoms with Crippen molar-refractivity contribution in [2.24, 2.45) is 5.84 Å². The molecule has 11 heteroatoms. The van der Waals surface area contributed by atoms with Gasteiger partial charge in [-0.25, -0.2) is 18.7 Å². The van der Waals surface area contributed by atoms with Gasteiger partial charge in [0.1, 0.15) is 5.82 Å². The van der Waals surface area contributed by atoms with Gasteiger partial charge in [0, 0.05) is 11.1 Å². The smallest absolute Gasteiger partial charge is 0.290 e. The number of nitrogen functional groups attached to an aromatic ring is 1. The van der Waals surface area contributed by atoms with E-state index in [2.05, 4.69) is 0 Å². The number of hydrogen-bond donors (Lipinski definition) is 2. The van der Waals surface area contributed by atoms with E-state index in [1.54, 1.807) is 0 Å². The van der Waals surface area contributed by atoms with Crippen LogP contribution in [0.3, 0.4) is 0 Å². The first kappa shape index (κ1) is 20.6. The van der Waals surface area contributed by atoms with Crippen LogP contribution in [0.1, 0.15) is 21.5 Å². The minimum atomic E-state index is -4.57. The zero-order valence-corrected chi connectivity index (χ0v) is 14.7. The van der Waals surface area contributed by atoms with E-state index in [9.17, 15) is 30.8 Å². The SMILES string of the molecule is CS(=O)(=O)N(Cc1ccc(C(=O)NN)cc1F)c1ccc(C(F)(F)F)cc1. The van der Waals surface area contributed by atoms with Crippen LogP contribution in [0.5, 0.6) is 0 Å². The van der Waals surface area contributed by atoms with Crippen LogP contribution in [0, 0.1) is 5.82 Å². The Hall–Kier alpha value is -2.66. The van der Waals surface area contributed by atoms with Crippen LogP contribution in [0.15, 0.2) is 42.5 Å². The number of carbonyl (C=O) groups excluding carboxylic acids is 1. The summed E-state index contributed by atoms with van der Waals surface area (Å²) in [6.45, 7) is -0.472. The highest BCUT2D eigenvalue weighted by Gasteiger charge is 2.30. The topological polar surface area (TPSA) is 92.5 Å². The predicted molar refractivity (Wildman–Crippen MR) is 90.5 cm³/mol. The molecule has 0 aromatic heterocycles. The molecule has 1 amide bonds. The summed E-state index contributed by atoms with van der Waals surface area (Å²) in [6.07, 6.45) is -3.72. The number of hydrazine groups is 1. The third-order valence-electron chi connectivity index (χ3n) is 3.64. The number of halogens is 4. The van der Waals surface area contributed by atoms with E-state index in [0.717, 1.165) is 40.9 Å². The Balaban J connectivity index is 2.38. The number of amides is 1. The van der Waals surface area contributed by atoms with Crippen LogP contribution in [0.25, 0.3) is 0 Å². The molecule has 0 aliphatic carbocycles. The molecule has 0 unspecified atom stereocenters. The van der Waals surface area contributed by atoms with Gasteiger partial charge in [0.15, 0.2) is 0 Å². The van der Waals surface area contributed by atoms with Gasteiger partial charge in [-0.2, -0.15) is 13.2 Å². The van der Waals surface area contributed by atoms with Gasteiger partial charge in [0.2, 0.25) is 10.0 Å². The van der Waals surface area contributed by atoms with E-state index >= 15 is 0 Å². The van der Waals surface area contributed by atoms with Gasteiger partial charge in [0.05, 0.1) is 24.1 Å². The summed E-state index contributed by atoms with van der Waals surface area (Å²) in [5, 5.41) is 0. The van der Waals surface area contributed by atoms with Crippen molar-refractivity contribution < 1.29 is 30.8 Å². The Morgan fingerprint density at radius 2 is 1.74 bits per heavy atom. The molecule has 0 saturated heterocycles. The zero-order chi connectivity index (χ0) is 20.4. The molecule has 0 saturated carbocycles. The van der Waals surface area contributed by atoms with E-state index in [1.165, 1.54) is 12.1 Å². The highest BCUT2D eigenvalue weighted by atomic mass is 32.2. The van der Waals surface area contributed by atoms with Gasteiger partial charge in [-0.05, 0) is 36.4 Å². The lowest BCUT2D eigenvalue weighted by molar-refractivity contribution is -0.137. The molecule has 6 nitrogen and oxygen atoms in total. The number of anilines is 1. The van der Waals surface area contributed by atoms with Crippen LogP contribution in [0.4, 0.5) is 23.2 Å². The summed E-state index contributed by atoms with van der Waals surface area (Å²) in [6, 6.07) is 6.76. The maximum atomic E-state index is 14.2. The molecule has 0 spiro atoms. The molecule has 146 valence electrons. The number of nitrogens with one attached hydrogen (secondary N) is 1. The molecule has 0 bridgehead atoms. The average molecular weight is 405 g/mol. The van der Waals surface area contributed by atoms with E-state index in [-0.39, 0.29) is 16.8 Å². The molecule has 0 radical (unpaired) electrons. The standard InChI is InChI=1S/C16H15F4N3O3S/c1-27(25,26)23(13-6-4-12(5-7-13)16(18,19)20)9-11-3-2-10(8-14(11)17)15(24)22-21/h2-8H,9,21H2,1H3,(H,22,24). The van der Waals surface area contributed by atoms with Crippen molar-refractivity contribution in [1.29, 1.82) is 0 Å². The number of carbonyl (C=O) groups is 1. The van der Waals surface area contributed by atoms with Crippen molar-refractivity contribution in [3.05, 3.63) is 65.0 Å². The van der Waals surface area contributed by atoms with E-state index < -0.39 is 40.0 Å². The quantitative estimate of drug-likeness (QED) is 0.346. The molecule has 0 aliphatic heterocycles. The minimum Gasteiger partial charge on any atom is -0.290 e. The lowest BCUT2D eigenvalue weighted by Gasteiger charge is -2.23. The van der Waals surface area contributed by atoms with Crippen LogP contribution in [0.2, 0.25) is 0 Å². The third-order valence-corrected chi connectivity index (χ3v) is 4.78. The molecule has 3 N–H and O–H groups in total. The Morgan fingerprint density at radius 1 is 1.15 bits per heavy atom. The van der Waals surface area contributed by atoms with Gasteiger partial charge in [-0.15, -0.1) is 0 Å². The molecule has 27 heavy (non-hydrogen) atoms. The Labute approximate surface area is 152 Å². The predicted octanol–water partition coefficient (Wildman–Crippen LogP) is 2.41. The molecule has 0 atom stereocenters. The zero-order valence-electron chi connectivity index (χ0n) is 13.9. The fraction of sp³-hybridized carbons (Fsp3) is 0.188. The monoisotopic (exact) mass is 405 g/mol. The molecular weight excluding hydrogens is 390 g/mol. The van der Waals surface area contributed by atoms with Gasteiger partial charge < -0.3 is 0 Å². The second kappa shape index (κ2) is 7.53. The van der Waals surface area contributed by atoms with Crippen LogP contribution in [-0.2, 0) is 22.7 Å². The maximum Gasteiger partial charge on any atom is 0.416 e. The van der Waals surface area contributed by atoms with Gasteiger partial charge in [0.25, 0.3) is 5.91 Å². The number of hydrogen-bond acceptors (Lipinski definition) is 4. The molecule has 2 aromatic carbocycles. The van der Waals surface area contributed by atoms with Crippen LogP contribution in [-0.4, -0.2) is 20.6 Å². The highest BCUT2D eigenvalue weighted by molar-refractivity contribution is 7.92. The summed E-state index contributed by atoms with van der Waals surface area (Å²) >= 11 is 0. The normalized spacial score (nSPS) is 11.9. The number of nitrogens with zero attached hydrogens (tertiary/aromatic N) is 1. The number of nitrogens with two attached hydrogens (primary N) is 1. The van der Waals surface area contributed by atoms with Crippen molar-refractivity contribution in [2.45, 2.75) is 12.7 Å². The van der Waals surface area contributed by atoms with Crippen molar-refractivity contribution in [3.8, 4) is 0 Å².